The smallest absolute Gasteiger partial charge is 0.145 e. The molecule has 1 N–H and O–H groups in total. The summed E-state index contributed by atoms with van der Waals surface area (Å²) < 4.78 is 13.0. The van der Waals surface area contributed by atoms with Crippen LogP contribution in [0.3, 0.4) is 0 Å². The zero-order valence-electron chi connectivity index (χ0n) is 7.92. The molecule has 2 rings (SSSR count). The van der Waals surface area contributed by atoms with Crippen molar-refractivity contribution >= 4 is 22.9 Å². The van der Waals surface area contributed by atoms with E-state index in [1.165, 1.54) is 17.4 Å². The summed E-state index contributed by atoms with van der Waals surface area (Å²) in [4.78, 5) is 2.01. The molecule has 78 valence electrons. The number of benzene rings is 1. The lowest BCUT2D eigenvalue weighted by Crippen LogP contribution is -1.80. The second-order valence-electron chi connectivity index (χ2n) is 3.19. The lowest BCUT2D eigenvalue weighted by atomic mass is 10.1. The van der Waals surface area contributed by atoms with Crippen molar-refractivity contribution < 1.29 is 9.50 Å². The molecule has 1 nitrogen and oxygen atoms in total. The van der Waals surface area contributed by atoms with Crippen LogP contribution in [0.5, 0.6) is 5.75 Å². The second kappa shape index (κ2) is 3.83. The van der Waals surface area contributed by atoms with E-state index in [0.29, 0.717) is 5.56 Å². The number of halogens is 2. The Balaban J connectivity index is 2.58. The van der Waals surface area contributed by atoms with Crippen LogP contribution in [0.25, 0.3) is 10.4 Å². The van der Waals surface area contributed by atoms with E-state index in [9.17, 15) is 9.50 Å². The predicted molar refractivity (Wildman–Crippen MR) is 61.1 cm³/mol. The van der Waals surface area contributed by atoms with Gasteiger partial charge in [0.05, 0.1) is 5.02 Å². The maximum Gasteiger partial charge on any atom is 0.145 e. The van der Waals surface area contributed by atoms with Crippen LogP contribution in [0.15, 0.2) is 24.3 Å². The van der Waals surface area contributed by atoms with Crippen molar-refractivity contribution in [1.29, 1.82) is 0 Å². The van der Waals surface area contributed by atoms with Gasteiger partial charge in [-0.1, -0.05) is 11.6 Å². The highest BCUT2D eigenvalue weighted by molar-refractivity contribution is 7.15. The molecule has 0 bridgehead atoms. The number of rotatable bonds is 1. The van der Waals surface area contributed by atoms with Gasteiger partial charge in [0.2, 0.25) is 0 Å². The van der Waals surface area contributed by atoms with Gasteiger partial charge in [-0.3, -0.25) is 0 Å². The molecule has 0 radical (unpaired) electrons. The van der Waals surface area contributed by atoms with Gasteiger partial charge in [0.25, 0.3) is 0 Å². The van der Waals surface area contributed by atoms with Crippen LogP contribution in [0.2, 0.25) is 5.02 Å². The molecule has 0 saturated heterocycles. The summed E-state index contributed by atoms with van der Waals surface area (Å²) in [6, 6.07) is 6.30. The summed E-state index contributed by atoms with van der Waals surface area (Å²) in [5.41, 5.74) is 0.569. The fraction of sp³-hybridized carbons (Fsp3) is 0.0909. The Hall–Kier alpha value is -1.06. The van der Waals surface area contributed by atoms with Crippen molar-refractivity contribution in [2.45, 2.75) is 6.92 Å². The molecule has 1 heterocycles. The molecule has 0 aliphatic rings. The summed E-state index contributed by atoms with van der Waals surface area (Å²) in [5.74, 6) is -0.690. The number of hydrogen-bond donors (Lipinski definition) is 1. The van der Waals surface area contributed by atoms with E-state index in [-0.39, 0.29) is 10.8 Å². The average Bonchev–Trinajstić information content (AvgIpc) is 2.58. The van der Waals surface area contributed by atoms with Gasteiger partial charge in [0.1, 0.15) is 11.6 Å². The van der Waals surface area contributed by atoms with E-state index >= 15 is 0 Å². The summed E-state index contributed by atoms with van der Waals surface area (Å²) in [7, 11) is 0. The molecular weight excluding hydrogens is 235 g/mol. The highest BCUT2D eigenvalue weighted by atomic mass is 35.5. The van der Waals surface area contributed by atoms with E-state index in [2.05, 4.69) is 0 Å². The van der Waals surface area contributed by atoms with Crippen molar-refractivity contribution in [2.75, 3.05) is 0 Å². The molecule has 2 aromatic rings. The Labute approximate surface area is 95.8 Å². The molecule has 0 amide bonds. The Bertz CT molecular complexity index is 507. The number of aromatic hydroxyl groups is 1. The zero-order chi connectivity index (χ0) is 11.0. The molecule has 0 aliphatic heterocycles. The Morgan fingerprint density at radius 2 is 2.07 bits per heavy atom. The minimum absolute atomic E-state index is 0.0221. The minimum Gasteiger partial charge on any atom is -0.507 e. The molecule has 0 saturated carbocycles. The van der Waals surface area contributed by atoms with Gasteiger partial charge in [0.15, 0.2) is 0 Å². The van der Waals surface area contributed by atoms with E-state index < -0.39 is 5.82 Å². The quantitative estimate of drug-likeness (QED) is 0.794. The SMILES string of the molecule is Cc1ccc(-c2cc(Cl)c(F)cc2O)s1. The normalized spacial score (nSPS) is 10.6. The summed E-state index contributed by atoms with van der Waals surface area (Å²) in [6.07, 6.45) is 0. The molecular formula is C11H8ClFOS. The number of hydrogen-bond acceptors (Lipinski definition) is 2. The molecule has 1 aromatic heterocycles. The Kier molecular flexibility index (Phi) is 2.67. The fourth-order valence-corrected chi connectivity index (χ4v) is 2.37. The molecule has 0 unspecified atom stereocenters. The summed E-state index contributed by atoms with van der Waals surface area (Å²) in [5, 5.41) is 9.61. The van der Waals surface area contributed by atoms with Gasteiger partial charge < -0.3 is 5.11 Å². The number of phenolic OH excluding ortho intramolecular Hbond substituents is 1. The van der Waals surface area contributed by atoms with Crippen LogP contribution in [0, 0.1) is 12.7 Å². The third kappa shape index (κ3) is 1.98. The van der Waals surface area contributed by atoms with Crippen LogP contribution < -0.4 is 0 Å². The first-order valence-electron chi connectivity index (χ1n) is 4.33. The van der Waals surface area contributed by atoms with Crippen LogP contribution in [0.1, 0.15) is 4.88 Å². The van der Waals surface area contributed by atoms with Gasteiger partial charge in [-0.15, -0.1) is 11.3 Å². The van der Waals surface area contributed by atoms with E-state index in [4.69, 9.17) is 11.6 Å². The van der Waals surface area contributed by atoms with Crippen LogP contribution in [-0.4, -0.2) is 5.11 Å². The summed E-state index contributed by atoms with van der Waals surface area (Å²) >= 11 is 7.19. The van der Waals surface area contributed by atoms with Gasteiger partial charge in [-0.2, -0.15) is 0 Å². The third-order valence-electron chi connectivity index (χ3n) is 2.04. The lowest BCUT2D eigenvalue weighted by Gasteiger charge is -2.03. The van der Waals surface area contributed by atoms with Gasteiger partial charge in [-0.25, -0.2) is 4.39 Å². The molecule has 1 aromatic carbocycles. The highest BCUT2D eigenvalue weighted by Gasteiger charge is 2.10. The topological polar surface area (TPSA) is 20.2 Å². The maximum atomic E-state index is 13.0. The summed E-state index contributed by atoms with van der Waals surface area (Å²) in [6.45, 7) is 1.97. The minimum atomic E-state index is -0.605. The highest BCUT2D eigenvalue weighted by Crippen LogP contribution is 2.36. The van der Waals surface area contributed by atoms with E-state index in [1.807, 2.05) is 19.1 Å². The molecule has 0 spiro atoms. The van der Waals surface area contributed by atoms with Gasteiger partial charge in [0, 0.05) is 21.4 Å². The molecule has 0 aliphatic carbocycles. The Morgan fingerprint density at radius 3 is 2.67 bits per heavy atom. The third-order valence-corrected chi connectivity index (χ3v) is 3.37. The van der Waals surface area contributed by atoms with Crippen molar-refractivity contribution in [3.05, 3.63) is 40.0 Å². The largest absolute Gasteiger partial charge is 0.507 e. The molecule has 15 heavy (non-hydrogen) atoms. The monoisotopic (exact) mass is 242 g/mol. The number of aryl methyl sites for hydroxylation is 1. The van der Waals surface area contributed by atoms with Crippen LogP contribution in [-0.2, 0) is 0 Å². The first kappa shape index (κ1) is 10.5. The maximum absolute atomic E-state index is 13.0. The van der Waals surface area contributed by atoms with Gasteiger partial charge in [-0.05, 0) is 25.1 Å². The van der Waals surface area contributed by atoms with Crippen LogP contribution in [0.4, 0.5) is 4.39 Å². The molecule has 4 heteroatoms. The second-order valence-corrected chi connectivity index (χ2v) is 4.89. The molecule has 0 fully saturated rings. The fourth-order valence-electron chi connectivity index (χ4n) is 1.31. The molecule has 0 atom stereocenters. The number of phenols is 1. The number of thiophene rings is 1. The van der Waals surface area contributed by atoms with Crippen LogP contribution >= 0.6 is 22.9 Å². The van der Waals surface area contributed by atoms with Crippen molar-refractivity contribution in [2.24, 2.45) is 0 Å². The van der Waals surface area contributed by atoms with E-state index in [1.54, 1.807) is 0 Å². The zero-order valence-corrected chi connectivity index (χ0v) is 9.49. The van der Waals surface area contributed by atoms with E-state index in [0.717, 1.165) is 15.8 Å². The van der Waals surface area contributed by atoms with Crippen molar-refractivity contribution in [1.82, 2.24) is 0 Å². The lowest BCUT2D eigenvalue weighted by molar-refractivity contribution is 0.471. The predicted octanol–water partition coefficient (Wildman–Crippen LogP) is 4.22. The average molecular weight is 243 g/mol. The Morgan fingerprint density at radius 1 is 1.33 bits per heavy atom. The van der Waals surface area contributed by atoms with Crippen molar-refractivity contribution in [3.63, 3.8) is 0 Å². The standard InChI is InChI=1S/C11H8ClFOS/c1-6-2-3-11(15-6)7-4-8(12)9(13)5-10(7)14/h2-5,14H,1H3. The van der Waals surface area contributed by atoms with Crippen molar-refractivity contribution in [3.8, 4) is 16.2 Å². The first-order chi connectivity index (χ1) is 7.08. The van der Waals surface area contributed by atoms with Gasteiger partial charge >= 0.3 is 0 Å². The first-order valence-corrected chi connectivity index (χ1v) is 5.52.